The van der Waals surface area contributed by atoms with Crippen molar-refractivity contribution in [1.29, 1.82) is 0 Å². The molecule has 0 fully saturated rings. The molecule has 0 saturated carbocycles. The number of methoxy groups -OCH3 is 1. The van der Waals surface area contributed by atoms with E-state index in [0.29, 0.717) is 6.04 Å². The van der Waals surface area contributed by atoms with Gasteiger partial charge in [-0.3, -0.25) is 0 Å². The molecular weight excluding hydrogens is 270 g/mol. The fourth-order valence-electron chi connectivity index (χ4n) is 2.88. The Bertz CT molecular complexity index is 612. The van der Waals surface area contributed by atoms with E-state index in [9.17, 15) is 0 Å². The van der Waals surface area contributed by atoms with Crippen LogP contribution in [0.25, 0.3) is 0 Å². The quantitative estimate of drug-likeness (QED) is 0.913. The van der Waals surface area contributed by atoms with E-state index < -0.39 is 0 Å². The maximum Gasteiger partial charge on any atom is 0.123 e. The predicted octanol–water partition coefficient (Wildman–Crippen LogP) is 4.13. The summed E-state index contributed by atoms with van der Waals surface area (Å²) in [7, 11) is 1.71. The topological polar surface area (TPSA) is 21.3 Å². The maximum atomic E-state index is 6.05. The lowest BCUT2D eigenvalue weighted by atomic mass is 10.1. The minimum Gasteiger partial charge on any atom is -0.496 e. The molecule has 0 spiro atoms. The van der Waals surface area contributed by atoms with Crippen molar-refractivity contribution in [3.8, 4) is 5.75 Å². The van der Waals surface area contributed by atoms with Crippen LogP contribution in [0.15, 0.2) is 42.5 Å². The summed E-state index contributed by atoms with van der Waals surface area (Å²) in [5.74, 6) is 0.939. The minimum atomic E-state index is 0.409. The average molecular weight is 288 g/mol. The normalized spacial score (nSPS) is 17.0. The average Bonchev–Trinajstić information content (AvgIpc) is 2.87. The van der Waals surface area contributed by atoms with Crippen LogP contribution in [-0.2, 0) is 13.0 Å². The number of ether oxygens (including phenoxy) is 1. The number of benzene rings is 2. The van der Waals surface area contributed by atoms with Crippen molar-refractivity contribution in [2.24, 2.45) is 0 Å². The van der Waals surface area contributed by atoms with Crippen LogP contribution in [0, 0.1) is 0 Å². The molecule has 0 bridgehead atoms. The smallest absolute Gasteiger partial charge is 0.123 e. The van der Waals surface area contributed by atoms with Gasteiger partial charge in [-0.15, -0.1) is 0 Å². The summed E-state index contributed by atoms with van der Waals surface area (Å²) in [6.07, 6.45) is 2.23. The summed E-state index contributed by atoms with van der Waals surface area (Å²) >= 11 is 6.05. The molecule has 0 aliphatic heterocycles. The van der Waals surface area contributed by atoms with E-state index in [2.05, 4.69) is 23.5 Å². The molecule has 2 nitrogen and oxygen atoms in total. The van der Waals surface area contributed by atoms with E-state index in [0.717, 1.165) is 30.2 Å². The fourth-order valence-corrected chi connectivity index (χ4v) is 3.07. The zero-order chi connectivity index (χ0) is 13.9. The third kappa shape index (κ3) is 2.67. The van der Waals surface area contributed by atoms with Gasteiger partial charge in [0.2, 0.25) is 0 Å². The molecule has 2 aromatic carbocycles. The Morgan fingerprint density at radius 1 is 1.25 bits per heavy atom. The lowest BCUT2D eigenvalue weighted by Crippen LogP contribution is -2.19. The van der Waals surface area contributed by atoms with E-state index in [1.54, 1.807) is 7.11 Å². The van der Waals surface area contributed by atoms with Crippen LogP contribution in [0.3, 0.4) is 0 Å². The predicted molar refractivity (Wildman–Crippen MR) is 82.3 cm³/mol. The van der Waals surface area contributed by atoms with Gasteiger partial charge in [0, 0.05) is 23.2 Å². The van der Waals surface area contributed by atoms with E-state index >= 15 is 0 Å². The third-order valence-corrected chi connectivity index (χ3v) is 4.15. The number of rotatable bonds is 4. The highest BCUT2D eigenvalue weighted by atomic mass is 35.5. The zero-order valence-corrected chi connectivity index (χ0v) is 12.3. The molecule has 0 saturated heterocycles. The van der Waals surface area contributed by atoms with Crippen LogP contribution in [0.1, 0.15) is 29.2 Å². The van der Waals surface area contributed by atoms with Gasteiger partial charge in [0.25, 0.3) is 0 Å². The first-order valence-corrected chi connectivity index (χ1v) is 7.29. The molecule has 1 atom stereocenters. The number of hydrogen-bond donors (Lipinski definition) is 1. The largest absolute Gasteiger partial charge is 0.496 e. The second-order valence-electron chi connectivity index (χ2n) is 5.13. The van der Waals surface area contributed by atoms with E-state index in [1.165, 1.54) is 16.7 Å². The van der Waals surface area contributed by atoms with Crippen LogP contribution >= 0.6 is 11.6 Å². The van der Waals surface area contributed by atoms with Crippen LogP contribution in [-0.4, -0.2) is 7.11 Å². The summed E-state index contributed by atoms with van der Waals surface area (Å²) in [4.78, 5) is 0. The van der Waals surface area contributed by atoms with Crippen molar-refractivity contribution in [3.05, 3.63) is 64.2 Å². The first-order chi connectivity index (χ1) is 9.78. The van der Waals surface area contributed by atoms with Crippen molar-refractivity contribution >= 4 is 11.6 Å². The Hall–Kier alpha value is -1.51. The second kappa shape index (κ2) is 5.86. The van der Waals surface area contributed by atoms with Gasteiger partial charge < -0.3 is 10.1 Å². The molecule has 3 heteroatoms. The molecule has 1 aliphatic rings. The standard InChI is InChI=1S/C17H18ClNO/c1-20-17-5-3-2-4-13(17)11-19-16-9-6-12-10-14(18)7-8-15(12)16/h2-5,7-8,10,16,19H,6,9,11H2,1H3. The first-order valence-electron chi connectivity index (χ1n) is 6.91. The Labute approximate surface area is 124 Å². The highest BCUT2D eigenvalue weighted by Gasteiger charge is 2.22. The molecule has 104 valence electrons. The number of aryl methyl sites for hydroxylation is 1. The first kappa shape index (κ1) is 13.5. The molecule has 1 N–H and O–H groups in total. The van der Waals surface area contributed by atoms with Gasteiger partial charge in [0.15, 0.2) is 0 Å². The Morgan fingerprint density at radius 2 is 2.10 bits per heavy atom. The van der Waals surface area contributed by atoms with Crippen molar-refractivity contribution in [2.45, 2.75) is 25.4 Å². The Kier molecular flexibility index (Phi) is 3.95. The number of hydrogen-bond acceptors (Lipinski definition) is 2. The van der Waals surface area contributed by atoms with Gasteiger partial charge in [-0.25, -0.2) is 0 Å². The number of fused-ring (bicyclic) bond motifs is 1. The van der Waals surface area contributed by atoms with Crippen molar-refractivity contribution in [3.63, 3.8) is 0 Å². The number of halogens is 1. The van der Waals surface area contributed by atoms with E-state index in [4.69, 9.17) is 16.3 Å². The fraction of sp³-hybridized carbons (Fsp3) is 0.294. The van der Waals surface area contributed by atoms with E-state index in [1.807, 2.05) is 24.3 Å². The maximum absolute atomic E-state index is 6.05. The van der Waals surface area contributed by atoms with Crippen molar-refractivity contribution < 1.29 is 4.74 Å². The molecule has 0 aromatic heterocycles. The number of para-hydroxylation sites is 1. The van der Waals surface area contributed by atoms with Gasteiger partial charge in [-0.2, -0.15) is 0 Å². The summed E-state index contributed by atoms with van der Waals surface area (Å²) in [5.41, 5.74) is 3.94. The summed E-state index contributed by atoms with van der Waals surface area (Å²) < 4.78 is 5.39. The summed E-state index contributed by atoms with van der Waals surface area (Å²) in [6, 6.07) is 14.8. The van der Waals surface area contributed by atoms with Gasteiger partial charge in [0.1, 0.15) is 5.75 Å². The van der Waals surface area contributed by atoms with Gasteiger partial charge >= 0.3 is 0 Å². The van der Waals surface area contributed by atoms with Gasteiger partial charge in [-0.1, -0.05) is 35.9 Å². The number of nitrogens with one attached hydrogen (secondary N) is 1. The zero-order valence-electron chi connectivity index (χ0n) is 11.5. The molecule has 0 radical (unpaired) electrons. The highest BCUT2D eigenvalue weighted by Crippen LogP contribution is 2.33. The van der Waals surface area contributed by atoms with Crippen LogP contribution in [0.4, 0.5) is 0 Å². The van der Waals surface area contributed by atoms with Crippen LogP contribution in [0.5, 0.6) is 5.75 Å². The molecule has 1 aliphatic carbocycles. The monoisotopic (exact) mass is 287 g/mol. The lowest BCUT2D eigenvalue weighted by molar-refractivity contribution is 0.405. The Balaban J connectivity index is 1.72. The van der Waals surface area contributed by atoms with Crippen LogP contribution < -0.4 is 10.1 Å². The molecular formula is C17H18ClNO. The van der Waals surface area contributed by atoms with E-state index in [-0.39, 0.29) is 0 Å². The molecule has 20 heavy (non-hydrogen) atoms. The van der Waals surface area contributed by atoms with Gasteiger partial charge in [-0.05, 0) is 42.2 Å². The van der Waals surface area contributed by atoms with Crippen LogP contribution in [0.2, 0.25) is 5.02 Å². The lowest BCUT2D eigenvalue weighted by Gasteiger charge is -2.15. The highest BCUT2D eigenvalue weighted by molar-refractivity contribution is 6.30. The van der Waals surface area contributed by atoms with Crippen molar-refractivity contribution in [2.75, 3.05) is 7.11 Å². The minimum absolute atomic E-state index is 0.409. The molecule has 2 aromatic rings. The SMILES string of the molecule is COc1ccccc1CNC1CCc2cc(Cl)ccc21. The summed E-state index contributed by atoms with van der Waals surface area (Å²) in [6.45, 7) is 0.816. The third-order valence-electron chi connectivity index (χ3n) is 3.91. The molecule has 1 unspecified atom stereocenters. The molecule has 0 amide bonds. The Morgan fingerprint density at radius 3 is 2.95 bits per heavy atom. The molecule has 0 heterocycles. The molecule has 3 rings (SSSR count). The van der Waals surface area contributed by atoms with Gasteiger partial charge in [0.05, 0.1) is 7.11 Å². The second-order valence-corrected chi connectivity index (χ2v) is 5.56. The van der Waals surface area contributed by atoms with Crippen molar-refractivity contribution in [1.82, 2.24) is 5.32 Å². The summed E-state index contributed by atoms with van der Waals surface area (Å²) in [5, 5.41) is 4.45.